The fourth-order valence-corrected chi connectivity index (χ4v) is 2.97. The van der Waals surface area contributed by atoms with E-state index in [0.717, 1.165) is 22.5 Å². The van der Waals surface area contributed by atoms with Crippen LogP contribution in [0.4, 0.5) is 4.79 Å². The number of carbonyl (C=O) groups is 2. The first-order valence-corrected chi connectivity index (χ1v) is 10.2. The van der Waals surface area contributed by atoms with Gasteiger partial charge >= 0.3 is 6.09 Å². The lowest BCUT2D eigenvalue weighted by Crippen LogP contribution is -2.35. The highest BCUT2D eigenvalue weighted by molar-refractivity contribution is 5.77. The third-order valence-electron chi connectivity index (χ3n) is 4.35. The maximum Gasteiger partial charge on any atom is 0.407 e. The Labute approximate surface area is 182 Å². The fraction of sp³-hybridized carbons (Fsp3) is 0.292. The van der Waals surface area contributed by atoms with Crippen molar-refractivity contribution in [1.29, 1.82) is 0 Å². The van der Waals surface area contributed by atoms with Crippen LogP contribution in [0, 0.1) is 0 Å². The SMILES string of the molecule is CC(C)(C)OC(=O)NCCC(=O)NCc1cn(-c2ccccc2)nc1-c1ccccc1. The van der Waals surface area contributed by atoms with Crippen molar-refractivity contribution in [2.24, 2.45) is 0 Å². The number of hydrogen-bond acceptors (Lipinski definition) is 4. The zero-order valence-corrected chi connectivity index (χ0v) is 18.1. The van der Waals surface area contributed by atoms with E-state index in [1.165, 1.54) is 0 Å². The number of aromatic nitrogens is 2. The van der Waals surface area contributed by atoms with Gasteiger partial charge in [-0.05, 0) is 32.9 Å². The van der Waals surface area contributed by atoms with Gasteiger partial charge < -0.3 is 15.4 Å². The number of nitrogens with zero attached hydrogens (tertiary/aromatic N) is 2. The van der Waals surface area contributed by atoms with Gasteiger partial charge in [0.25, 0.3) is 0 Å². The molecular formula is C24H28N4O3. The predicted octanol–water partition coefficient (Wildman–Crippen LogP) is 4.07. The molecule has 1 heterocycles. The summed E-state index contributed by atoms with van der Waals surface area (Å²) in [6, 6.07) is 19.7. The van der Waals surface area contributed by atoms with Crippen LogP contribution in [0.25, 0.3) is 16.9 Å². The Morgan fingerprint density at radius 1 is 0.968 bits per heavy atom. The van der Waals surface area contributed by atoms with E-state index in [-0.39, 0.29) is 18.9 Å². The van der Waals surface area contributed by atoms with Gasteiger partial charge in [0.2, 0.25) is 5.91 Å². The summed E-state index contributed by atoms with van der Waals surface area (Å²) in [5.41, 5.74) is 3.08. The molecular weight excluding hydrogens is 392 g/mol. The first kappa shape index (κ1) is 22.1. The summed E-state index contributed by atoms with van der Waals surface area (Å²) in [6.45, 7) is 5.91. The van der Waals surface area contributed by atoms with Gasteiger partial charge in [0.05, 0.1) is 11.4 Å². The average molecular weight is 421 g/mol. The first-order valence-electron chi connectivity index (χ1n) is 10.2. The van der Waals surface area contributed by atoms with Crippen molar-refractivity contribution in [1.82, 2.24) is 20.4 Å². The van der Waals surface area contributed by atoms with E-state index < -0.39 is 11.7 Å². The normalized spacial score (nSPS) is 11.1. The molecule has 0 aliphatic heterocycles. The third-order valence-corrected chi connectivity index (χ3v) is 4.35. The number of hydrogen-bond donors (Lipinski definition) is 2. The summed E-state index contributed by atoms with van der Waals surface area (Å²) in [7, 11) is 0. The van der Waals surface area contributed by atoms with E-state index in [1.807, 2.05) is 71.5 Å². The molecule has 0 aliphatic rings. The highest BCUT2D eigenvalue weighted by atomic mass is 16.6. The molecule has 162 valence electrons. The minimum atomic E-state index is -0.570. The number of carbonyl (C=O) groups excluding carboxylic acids is 2. The van der Waals surface area contributed by atoms with Gasteiger partial charge in [-0.25, -0.2) is 9.48 Å². The molecule has 0 atom stereocenters. The first-order chi connectivity index (χ1) is 14.8. The summed E-state index contributed by atoms with van der Waals surface area (Å²) >= 11 is 0. The molecule has 1 aromatic heterocycles. The van der Waals surface area contributed by atoms with E-state index in [9.17, 15) is 9.59 Å². The molecule has 0 fully saturated rings. The highest BCUT2D eigenvalue weighted by Gasteiger charge is 2.16. The van der Waals surface area contributed by atoms with Gasteiger partial charge in [-0.2, -0.15) is 5.10 Å². The predicted molar refractivity (Wildman–Crippen MR) is 120 cm³/mol. The van der Waals surface area contributed by atoms with E-state index in [2.05, 4.69) is 10.6 Å². The molecule has 3 rings (SSSR count). The topological polar surface area (TPSA) is 85.2 Å². The number of ether oxygens (including phenoxy) is 1. The Kier molecular flexibility index (Phi) is 7.07. The van der Waals surface area contributed by atoms with Crippen molar-refractivity contribution in [3.8, 4) is 16.9 Å². The molecule has 0 saturated heterocycles. The van der Waals surface area contributed by atoms with E-state index in [4.69, 9.17) is 9.84 Å². The Morgan fingerprint density at radius 3 is 2.26 bits per heavy atom. The molecule has 0 radical (unpaired) electrons. The lowest BCUT2D eigenvalue weighted by molar-refractivity contribution is -0.121. The number of benzene rings is 2. The van der Waals surface area contributed by atoms with Crippen molar-refractivity contribution >= 4 is 12.0 Å². The maximum atomic E-state index is 12.3. The van der Waals surface area contributed by atoms with E-state index >= 15 is 0 Å². The van der Waals surface area contributed by atoms with Crippen LogP contribution in [0.15, 0.2) is 66.9 Å². The zero-order valence-electron chi connectivity index (χ0n) is 18.1. The third kappa shape index (κ3) is 6.70. The monoisotopic (exact) mass is 420 g/mol. The van der Waals surface area contributed by atoms with Gasteiger partial charge in [-0.3, -0.25) is 4.79 Å². The summed E-state index contributed by atoms with van der Waals surface area (Å²) in [4.78, 5) is 24.0. The van der Waals surface area contributed by atoms with Crippen LogP contribution in [-0.4, -0.2) is 33.9 Å². The van der Waals surface area contributed by atoms with Crippen molar-refractivity contribution < 1.29 is 14.3 Å². The molecule has 0 bridgehead atoms. The standard InChI is InChI=1S/C24H28N4O3/c1-24(2,3)31-23(30)25-15-14-21(29)26-16-19-17-28(20-12-8-5-9-13-20)27-22(19)18-10-6-4-7-11-18/h4-13,17H,14-16H2,1-3H3,(H,25,30)(H,26,29). The molecule has 2 amide bonds. The Bertz CT molecular complexity index is 1010. The quantitative estimate of drug-likeness (QED) is 0.603. The molecule has 31 heavy (non-hydrogen) atoms. The van der Waals surface area contributed by atoms with Crippen LogP contribution in [0.3, 0.4) is 0 Å². The van der Waals surface area contributed by atoms with Crippen molar-refractivity contribution in [2.45, 2.75) is 39.3 Å². The molecule has 0 saturated carbocycles. The second kappa shape index (κ2) is 9.93. The number of rotatable bonds is 7. The molecule has 0 spiro atoms. The van der Waals surface area contributed by atoms with E-state index in [0.29, 0.717) is 6.54 Å². The number of amides is 2. The molecule has 0 unspecified atom stereocenters. The second-order valence-corrected chi connectivity index (χ2v) is 8.10. The fourth-order valence-electron chi connectivity index (χ4n) is 2.97. The summed E-state index contributed by atoms with van der Waals surface area (Å²) in [5, 5.41) is 10.2. The minimum absolute atomic E-state index is 0.159. The highest BCUT2D eigenvalue weighted by Crippen LogP contribution is 2.23. The smallest absolute Gasteiger partial charge is 0.407 e. The Hall–Kier alpha value is -3.61. The van der Waals surface area contributed by atoms with Gasteiger partial charge in [0.15, 0.2) is 0 Å². The molecule has 2 N–H and O–H groups in total. The summed E-state index contributed by atoms with van der Waals surface area (Å²) in [6.07, 6.45) is 1.56. The van der Waals surface area contributed by atoms with Gasteiger partial charge in [0.1, 0.15) is 5.60 Å². The van der Waals surface area contributed by atoms with Crippen molar-refractivity contribution in [2.75, 3.05) is 6.54 Å². The summed E-state index contributed by atoms with van der Waals surface area (Å²) in [5.74, 6) is -0.164. The molecule has 7 nitrogen and oxygen atoms in total. The lowest BCUT2D eigenvalue weighted by Gasteiger charge is -2.19. The Morgan fingerprint density at radius 2 is 1.61 bits per heavy atom. The van der Waals surface area contributed by atoms with Crippen LogP contribution in [0.2, 0.25) is 0 Å². The number of alkyl carbamates (subject to hydrolysis) is 1. The Balaban J connectivity index is 1.63. The minimum Gasteiger partial charge on any atom is -0.444 e. The number of nitrogens with one attached hydrogen (secondary N) is 2. The van der Waals surface area contributed by atoms with Gasteiger partial charge in [0, 0.05) is 36.8 Å². The molecule has 7 heteroatoms. The van der Waals surface area contributed by atoms with Crippen LogP contribution < -0.4 is 10.6 Å². The maximum absolute atomic E-state index is 12.3. The van der Waals surface area contributed by atoms with Crippen molar-refractivity contribution in [3.05, 3.63) is 72.4 Å². The number of para-hydroxylation sites is 1. The van der Waals surface area contributed by atoms with Gasteiger partial charge in [-0.1, -0.05) is 48.5 Å². The average Bonchev–Trinajstić information content (AvgIpc) is 3.16. The largest absolute Gasteiger partial charge is 0.444 e. The van der Waals surface area contributed by atoms with Gasteiger partial charge in [-0.15, -0.1) is 0 Å². The van der Waals surface area contributed by atoms with E-state index in [1.54, 1.807) is 20.8 Å². The molecule has 2 aromatic carbocycles. The molecule has 0 aliphatic carbocycles. The van der Waals surface area contributed by atoms with Crippen molar-refractivity contribution in [3.63, 3.8) is 0 Å². The second-order valence-electron chi connectivity index (χ2n) is 8.10. The van der Waals surface area contributed by atoms with Crippen LogP contribution >= 0.6 is 0 Å². The van der Waals surface area contributed by atoms with Crippen LogP contribution in [0.1, 0.15) is 32.8 Å². The molecule has 3 aromatic rings. The lowest BCUT2D eigenvalue weighted by atomic mass is 10.1. The zero-order chi connectivity index (χ0) is 22.3. The van der Waals surface area contributed by atoms with Crippen LogP contribution in [-0.2, 0) is 16.1 Å². The summed E-state index contributed by atoms with van der Waals surface area (Å²) < 4.78 is 6.98. The van der Waals surface area contributed by atoms with Crippen LogP contribution in [0.5, 0.6) is 0 Å².